The zero-order valence-electron chi connectivity index (χ0n) is 17.1. The molecule has 5 nitrogen and oxygen atoms in total. The summed E-state index contributed by atoms with van der Waals surface area (Å²) in [5.41, 5.74) is -0.819. The van der Waals surface area contributed by atoms with E-state index < -0.39 is 30.0 Å². The molecule has 0 aliphatic rings. The first kappa shape index (κ1) is 22.4. The Bertz CT molecular complexity index is 1160. The van der Waals surface area contributed by atoms with Crippen LogP contribution in [0.1, 0.15) is 24.0 Å². The van der Waals surface area contributed by atoms with Crippen molar-refractivity contribution in [2.45, 2.75) is 23.6 Å². The minimum atomic E-state index is -4.73. The molecule has 0 heterocycles. The standard InChI is InChI=1S/C25H23NO4Se/c1-2-30-24(27)25(19-26,21-14-8-4-9-15-21)23(20-12-6-3-7-13-20)18-31(28,29)22-16-10-5-11-17-22/h3-17,23H,2,18H2,1H3. The SMILES string of the molecule is CCOC(=O)C(C#N)(c1ccccc1)C(C[Se](=O)(=O)c1ccccc1)c1ccccc1. The van der Waals surface area contributed by atoms with Gasteiger partial charge in [-0.15, -0.1) is 0 Å². The Kier molecular flexibility index (Phi) is 7.02. The van der Waals surface area contributed by atoms with Gasteiger partial charge in [0.05, 0.1) is 0 Å². The average molecular weight is 480 g/mol. The maximum atomic E-state index is 13.4. The molecule has 0 aromatic heterocycles. The Morgan fingerprint density at radius 2 is 1.45 bits per heavy atom. The molecule has 3 aromatic carbocycles. The van der Waals surface area contributed by atoms with Crippen molar-refractivity contribution in [3.8, 4) is 6.07 Å². The summed E-state index contributed by atoms with van der Waals surface area (Å²) in [5, 5.41) is 10.0. The summed E-state index contributed by atoms with van der Waals surface area (Å²) < 4.78 is 32.3. The molecule has 0 aliphatic carbocycles. The Morgan fingerprint density at radius 1 is 0.935 bits per heavy atom. The van der Waals surface area contributed by atoms with Crippen molar-refractivity contribution < 1.29 is 17.2 Å². The second-order valence-corrected chi connectivity index (χ2v) is 11.3. The van der Waals surface area contributed by atoms with Gasteiger partial charge < -0.3 is 0 Å². The normalized spacial score (nSPS) is 14.1. The van der Waals surface area contributed by atoms with E-state index >= 15 is 0 Å². The second-order valence-electron chi connectivity index (χ2n) is 7.06. The molecule has 6 heteroatoms. The molecule has 0 aliphatic heterocycles. The van der Waals surface area contributed by atoms with E-state index in [1.807, 2.05) is 0 Å². The molecule has 0 fully saturated rings. The Labute approximate surface area is 183 Å². The van der Waals surface area contributed by atoms with Gasteiger partial charge in [-0.3, -0.25) is 0 Å². The van der Waals surface area contributed by atoms with Crippen molar-refractivity contribution in [3.63, 3.8) is 0 Å². The minimum absolute atomic E-state index is 0.0774. The van der Waals surface area contributed by atoms with Crippen molar-refractivity contribution in [3.05, 3.63) is 102 Å². The number of nitriles is 1. The van der Waals surface area contributed by atoms with Crippen LogP contribution >= 0.6 is 0 Å². The molecule has 31 heavy (non-hydrogen) atoms. The van der Waals surface area contributed by atoms with Crippen LogP contribution in [-0.2, 0) is 22.6 Å². The van der Waals surface area contributed by atoms with Crippen LogP contribution in [0.15, 0.2) is 91.0 Å². The maximum absolute atomic E-state index is 13.4. The summed E-state index contributed by atoms with van der Waals surface area (Å²) in [4.78, 5) is 13.3. The molecule has 0 saturated heterocycles. The first-order valence-corrected chi connectivity index (χ1v) is 13.4. The van der Waals surface area contributed by atoms with E-state index in [0.29, 0.717) is 11.1 Å². The quantitative estimate of drug-likeness (QED) is 0.360. The molecule has 2 unspecified atom stereocenters. The third kappa shape index (κ3) is 4.59. The van der Waals surface area contributed by atoms with Crippen LogP contribution < -0.4 is 4.46 Å². The molecular formula is C25H23NO4Se. The molecule has 0 bridgehead atoms. The van der Waals surface area contributed by atoms with E-state index in [1.54, 1.807) is 97.9 Å². The van der Waals surface area contributed by atoms with E-state index in [1.165, 1.54) is 0 Å². The summed E-state index contributed by atoms with van der Waals surface area (Å²) >= 11 is -4.73. The van der Waals surface area contributed by atoms with Gasteiger partial charge in [0.25, 0.3) is 0 Å². The Morgan fingerprint density at radius 3 is 1.97 bits per heavy atom. The van der Waals surface area contributed by atoms with Crippen LogP contribution in [0.25, 0.3) is 0 Å². The van der Waals surface area contributed by atoms with Crippen LogP contribution in [0.4, 0.5) is 0 Å². The number of carbonyl (C=O) groups excluding carboxylic acids is 1. The monoisotopic (exact) mass is 481 g/mol. The Hall–Kier alpha value is -3.26. The van der Waals surface area contributed by atoms with Gasteiger partial charge in [0.1, 0.15) is 0 Å². The summed E-state index contributed by atoms with van der Waals surface area (Å²) in [7, 11) is 0. The van der Waals surface area contributed by atoms with E-state index in [0.717, 1.165) is 0 Å². The summed E-state index contributed by atoms with van der Waals surface area (Å²) in [5.74, 6) is -1.70. The summed E-state index contributed by atoms with van der Waals surface area (Å²) in [6, 6.07) is 27.7. The molecule has 2 atom stereocenters. The van der Waals surface area contributed by atoms with Crippen LogP contribution in [0.5, 0.6) is 0 Å². The summed E-state index contributed by atoms with van der Waals surface area (Å²) in [6.45, 7) is 1.74. The van der Waals surface area contributed by atoms with Gasteiger partial charge in [0.2, 0.25) is 0 Å². The van der Waals surface area contributed by atoms with E-state index in [-0.39, 0.29) is 16.4 Å². The fraction of sp³-hybridized carbons (Fsp3) is 0.200. The Balaban J connectivity index is 2.25. The second kappa shape index (κ2) is 9.70. The molecule has 0 N–H and O–H groups in total. The molecule has 3 aromatic rings. The third-order valence-electron chi connectivity index (χ3n) is 5.22. The first-order valence-electron chi connectivity index (χ1n) is 9.92. The van der Waals surface area contributed by atoms with Gasteiger partial charge in [-0.2, -0.15) is 0 Å². The molecule has 0 saturated carbocycles. The van der Waals surface area contributed by atoms with Crippen LogP contribution in [0.2, 0.25) is 5.32 Å². The zero-order valence-corrected chi connectivity index (χ0v) is 18.9. The van der Waals surface area contributed by atoms with Crippen LogP contribution in [0.3, 0.4) is 0 Å². The van der Waals surface area contributed by atoms with E-state index in [9.17, 15) is 17.7 Å². The molecular weight excluding hydrogens is 457 g/mol. The summed E-state index contributed by atoms with van der Waals surface area (Å²) in [6.07, 6.45) is 0. The number of nitrogens with zero attached hydrogens (tertiary/aromatic N) is 1. The van der Waals surface area contributed by atoms with Crippen molar-refractivity contribution in [2.75, 3.05) is 6.61 Å². The van der Waals surface area contributed by atoms with Gasteiger partial charge in [0.15, 0.2) is 0 Å². The van der Waals surface area contributed by atoms with Crippen molar-refractivity contribution in [1.82, 2.24) is 0 Å². The van der Waals surface area contributed by atoms with Crippen molar-refractivity contribution in [2.24, 2.45) is 0 Å². The predicted octanol–water partition coefficient (Wildman–Crippen LogP) is 4.01. The number of carbonyl (C=O) groups is 1. The fourth-order valence-electron chi connectivity index (χ4n) is 3.70. The fourth-order valence-corrected chi connectivity index (χ4v) is 7.15. The van der Waals surface area contributed by atoms with Gasteiger partial charge in [-0.1, -0.05) is 0 Å². The van der Waals surface area contributed by atoms with Crippen molar-refractivity contribution >= 4 is 23.1 Å². The average Bonchev–Trinajstić information content (AvgIpc) is 2.81. The van der Waals surface area contributed by atoms with Crippen LogP contribution in [-0.4, -0.2) is 25.3 Å². The molecule has 0 spiro atoms. The zero-order chi connectivity index (χ0) is 22.3. The first-order chi connectivity index (χ1) is 15.0. The number of ether oxygens (including phenoxy) is 1. The van der Waals surface area contributed by atoms with Gasteiger partial charge in [-0.25, -0.2) is 0 Å². The number of rotatable bonds is 8. The van der Waals surface area contributed by atoms with Crippen LogP contribution in [0, 0.1) is 11.3 Å². The molecule has 0 radical (unpaired) electrons. The molecule has 3 rings (SSSR count). The molecule has 158 valence electrons. The third-order valence-corrected chi connectivity index (χ3v) is 8.91. The van der Waals surface area contributed by atoms with Gasteiger partial charge in [0, 0.05) is 0 Å². The molecule has 0 amide bonds. The number of hydrogen-bond donors (Lipinski definition) is 0. The van der Waals surface area contributed by atoms with E-state index in [4.69, 9.17) is 4.74 Å². The van der Waals surface area contributed by atoms with Gasteiger partial charge in [-0.05, 0) is 0 Å². The van der Waals surface area contributed by atoms with Crippen molar-refractivity contribution in [1.29, 1.82) is 5.26 Å². The topological polar surface area (TPSA) is 84.2 Å². The predicted molar refractivity (Wildman–Crippen MR) is 118 cm³/mol. The number of benzene rings is 3. The number of hydrogen-bond acceptors (Lipinski definition) is 5. The van der Waals surface area contributed by atoms with Gasteiger partial charge >= 0.3 is 184 Å². The van der Waals surface area contributed by atoms with E-state index in [2.05, 4.69) is 6.07 Å². The number of esters is 1.